The highest BCUT2D eigenvalue weighted by atomic mass is 32.2. The molecule has 1 amide bonds. The number of aromatic nitrogens is 1. The van der Waals surface area contributed by atoms with Crippen LogP contribution < -0.4 is 10.6 Å². The second-order valence-electron chi connectivity index (χ2n) is 7.07. The molecule has 2 N–H and O–H groups in total. The highest BCUT2D eigenvalue weighted by molar-refractivity contribution is 7.92. The Hall–Kier alpha value is -2.41. The predicted octanol–water partition coefficient (Wildman–Crippen LogP) is 2.77. The molecule has 6 nitrogen and oxygen atoms in total. The van der Waals surface area contributed by atoms with Gasteiger partial charge in [-0.05, 0) is 45.4 Å². The molecule has 7 heteroatoms. The highest BCUT2D eigenvalue weighted by Crippen LogP contribution is 2.23. The van der Waals surface area contributed by atoms with Gasteiger partial charge >= 0.3 is 0 Å². The minimum Gasteiger partial charge on any atom is -0.373 e. The third kappa shape index (κ3) is 4.82. The highest BCUT2D eigenvalue weighted by Gasteiger charge is 2.31. The van der Waals surface area contributed by atoms with Crippen molar-refractivity contribution in [3.63, 3.8) is 0 Å². The van der Waals surface area contributed by atoms with Crippen LogP contribution in [-0.2, 0) is 21.2 Å². The van der Waals surface area contributed by atoms with Gasteiger partial charge in [-0.25, -0.2) is 13.4 Å². The predicted molar refractivity (Wildman–Crippen MR) is 103 cm³/mol. The summed E-state index contributed by atoms with van der Waals surface area (Å²) in [5.41, 5.74) is 1.60. The summed E-state index contributed by atoms with van der Waals surface area (Å²) in [4.78, 5) is 16.2. The van der Waals surface area contributed by atoms with Crippen molar-refractivity contribution in [2.75, 3.05) is 5.32 Å². The Morgan fingerprint density at radius 1 is 1.12 bits per heavy atom. The molecule has 0 aliphatic rings. The Kier molecular flexibility index (Phi) is 6.02. The van der Waals surface area contributed by atoms with Gasteiger partial charge in [0.15, 0.2) is 14.9 Å². The zero-order valence-electron chi connectivity index (χ0n) is 15.5. The molecule has 1 aromatic heterocycles. The molecule has 0 saturated heterocycles. The van der Waals surface area contributed by atoms with Crippen molar-refractivity contribution in [3.05, 3.63) is 54.2 Å². The molecule has 0 aliphatic carbocycles. The maximum absolute atomic E-state index is 12.4. The van der Waals surface area contributed by atoms with E-state index in [1.54, 1.807) is 33.8 Å². The normalized spacial score (nSPS) is 13.1. The van der Waals surface area contributed by atoms with E-state index in [0.29, 0.717) is 12.2 Å². The molecule has 1 heterocycles. The van der Waals surface area contributed by atoms with Crippen molar-refractivity contribution in [1.29, 1.82) is 0 Å². The molecule has 0 fully saturated rings. The number of benzene rings is 1. The SMILES string of the molecule is CC(Nc1ccc(S(=O)(=O)C(C)(C)C)nc1)C(=O)NCc1ccccc1. The van der Waals surface area contributed by atoms with Crippen molar-refractivity contribution in [2.24, 2.45) is 0 Å². The molecule has 26 heavy (non-hydrogen) atoms. The molecule has 1 unspecified atom stereocenters. The van der Waals surface area contributed by atoms with Crippen LogP contribution in [0.2, 0.25) is 0 Å². The van der Waals surface area contributed by atoms with Crippen LogP contribution in [0.5, 0.6) is 0 Å². The van der Waals surface area contributed by atoms with E-state index < -0.39 is 20.6 Å². The van der Waals surface area contributed by atoms with Crippen molar-refractivity contribution in [3.8, 4) is 0 Å². The molecule has 0 saturated carbocycles. The van der Waals surface area contributed by atoms with Gasteiger partial charge in [0.25, 0.3) is 0 Å². The van der Waals surface area contributed by atoms with Gasteiger partial charge in [0, 0.05) is 6.54 Å². The van der Waals surface area contributed by atoms with Crippen LogP contribution in [0.4, 0.5) is 5.69 Å². The topological polar surface area (TPSA) is 88.2 Å². The smallest absolute Gasteiger partial charge is 0.242 e. The molecule has 0 aliphatic heterocycles. The van der Waals surface area contributed by atoms with Gasteiger partial charge in [0.05, 0.1) is 16.6 Å². The largest absolute Gasteiger partial charge is 0.373 e. The maximum atomic E-state index is 12.4. The summed E-state index contributed by atoms with van der Waals surface area (Å²) in [6.07, 6.45) is 1.43. The number of carbonyl (C=O) groups excluding carboxylic acids is 1. The fourth-order valence-corrected chi connectivity index (χ4v) is 3.26. The molecular weight excluding hydrogens is 350 g/mol. The second kappa shape index (κ2) is 7.86. The molecular formula is C19H25N3O3S. The summed E-state index contributed by atoms with van der Waals surface area (Å²) in [7, 11) is -3.50. The number of hydrogen-bond donors (Lipinski definition) is 2. The maximum Gasteiger partial charge on any atom is 0.242 e. The fourth-order valence-electron chi connectivity index (χ4n) is 2.19. The average molecular weight is 375 g/mol. The first-order valence-corrected chi connectivity index (χ1v) is 9.88. The van der Waals surface area contributed by atoms with Gasteiger partial charge in [-0.1, -0.05) is 30.3 Å². The first-order valence-electron chi connectivity index (χ1n) is 8.40. The lowest BCUT2D eigenvalue weighted by atomic mass is 10.2. The zero-order chi connectivity index (χ0) is 19.4. The van der Waals surface area contributed by atoms with Crippen LogP contribution in [0.15, 0.2) is 53.7 Å². The number of anilines is 1. The van der Waals surface area contributed by atoms with E-state index in [0.717, 1.165) is 5.56 Å². The third-order valence-corrected chi connectivity index (χ3v) is 6.31. The molecule has 2 rings (SSSR count). The molecule has 0 radical (unpaired) electrons. The monoisotopic (exact) mass is 375 g/mol. The van der Waals surface area contributed by atoms with E-state index in [-0.39, 0.29) is 10.9 Å². The Bertz CT molecular complexity index is 842. The minimum absolute atomic E-state index is 0.0248. The minimum atomic E-state index is -3.50. The Morgan fingerprint density at radius 2 is 1.77 bits per heavy atom. The van der Waals surface area contributed by atoms with Gasteiger partial charge in [-0.3, -0.25) is 4.79 Å². The van der Waals surface area contributed by atoms with Gasteiger partial charge in [0.2, 0.25) is 5.91 Å². The number of amides is 1. The second-order valence-corrected chi connectivity index (χ2v) is 9.72. The average Bonchev–Trinajstić information content (AvgIpc) is 2.60. The number of rotatable bonds is 6. The van der Waals surface area contributed by atoms with E-state index >= 15 is 0 Å². The van der Waals surface area contributed by atoms with Crippen LogP contribution >= 0.6 is 0 Å². The summed E-state index contributed by atoms with van der Waals surface area (Å²) in [5, 5.41) is 5.91. The first kappa shape index (κ1) is 19.9. The van der Waals surface area contributed by atoms with Crippen LogP contribution in [0.1, 0.15) is 33.3 Å². The van der Waals surface area contributed by atoms with Crippen LogP contribution in [0, 0.1) is 0 Å². The lowest BCUT2D eigenvalue weighted by molar-refractivity contribution is -0.121. The van der Waals surface area contributed by atoms with Gasteiger partial charge in [-0.15, -0.1) is 0 Å². The summed E-state index contributed by atoms with van der Waals surface area (Å²) in [5.74, 6) is -0.153. The number of carbonyl (C=O) groups is 1. The molecule has 140 valence electrons. The number of hydrogen-bond acceptors (Lipinski definition) is 5. The van der Waals surface area contributed by atoms with Gasteiger partial charge in [0.1, 0.15) is 6.04 Å². The van der Waals surface area contributed by atoms with Crippen molar-refractivity contribution in [2.45, 2.75) is 50.1 Å². The molecule has 1 atom stereocenters. The Balaban J connectivity index is 1.97. The Morgan fingerprint density at radius 3 is 2.31 bits per heavy atom. The quantitative estimate of drug-likeness (QED) is 0.810. The molecule has 0 bridgehead atoms. The van der Waals surface area contributed by atoms with Crippen LogP contribution in [0.3, 0.4) is 0 Å². The Labute approximate surface area is 155 Å². The van der Waals surface area contributed by atoms with Crippen molar-refractivity contribution >= 4 is 21.4 Å². The van der Waals surface area contributed by atoms with E-state index in [1.807, 2.05) is 30.3 Å². The fraction of sp³-hybridized carbons (Fsp3) is 0.368. The van der Waals surface area contributed by atoms with Crippen molar-refractivity contribution < 1.29 is 13.2 Å². The summed E-state index contributed by atoms with van der Waals surface area (Å²) in [6, 6.07) is 12.2. The summed E-state index contributed by atoms with van der Waals surface area (Å²) >= 11 is 0. The van der Waals surface area contributed by atoms with E-state index in [9.17, 15) is 13.2 Å². The van der Waals surface area contributed by atoms with E-state index in [1.165, 1.54) is 12.3 Å². The number of pyridine rings is 1. The standard InChI is InChI=1S/C19H25N3O3S/c1-14(18(23)21-12-15-8-6-5-7-9-15)22-16-10-11-17(20-13-16)26(24,25)19(2,3)4/h5-11,13-14,22H,12H2,1-4H3,(H,21,23). The number of sulfone groups is 1. The molecule has 2 aromatic rings. The molecule has 1 aromatic carbocycles. The molecule has 0 spiro atoms. The van der Waals surface area contributed by atoms with E-state index in [2.05, 4.69) is 15.6 Å². The lowest BCUT2D eigenvalue weighted by Gasteiger charge is -2.19. The van der Waals surface area contributed by atoms with Crippen LogP contribution in [0.25, 0.3) is 0 Å². The lowest BCUT2D eigenvalue weighted by Crippen LogP contribution is -2.37. The van der Waals surface area contributed by atoms with Crippen molar-refractivity contribution in [1.82, 2.24) is 10.3 Å². The van der Waals surface area contributed by atoms with E-state index in [4.69, 9.17) is 0 Å². The van der Waals surface area contributed by atoms with Crippen LogP contribution in [-0.4, -0.2) is 30.1 Å². The number of nitrogens with one attached hydrogen (secondary N) is 2. The van der Waals surface area contributed by atoms with Gasteiger partial charge < -0.3 is 10.6 Å². The zero-order valence-corrected chi connectivity index (χ0v) is 16.3. The third-order valence-electron chi connectivity index (χ3n) is 3.90. The summed E-state index contributed by atoms with van der Waals surface area (Å²) in [6.45, 7) is 7.09. The first-order chi connectivity index (χ1) is 12.1. The summed E-state index contributed by atoms with van der Waals surface area (Å²) < 4.78 is 23.8. The van der Waals surface area contributed by atoms with Gasteiger partial charge in [-0.2, -0.15) is 0 Å². The number of nitrogens with zero attached hydrogens (tertiary/aromatic N) is 1.